The summed E-state index contributed by atoms with van der Waals surface area (Å²) in [5.74, 6) is 1.16. The van der Waals surface area contributed by atoms with E-state index in [9.17, 15) is 5.11 Å². The molecule has 1 N–H and O–H groups in total. The molecule has 0 aromatic rings. The second-order valence-corrected chi connectivity index (χ2v) is 10.7. The van der Waals surface area contributed by atoms with Gasteiger partial charge in [-0.2, -0.15) is 0 Å². The summed E-state index contributed by atoms with van der Waals surface area (Å²) in [4.78, 5) is 0. The molecule has 0 amide bonds. The molecular formula is C28H54O. The van der Waals surface area contributed by atoms with Crippen LogP contribution in [0.3, 0.4) is 0 Å². The minimum atomic E-state index is -0.0668. The van der Waals surface area contributed by atoms with E-state index in [0.717, 1.165) is 6.42 Å². The van der Waals surface area contributed by atoms with Gasteiger partial charge in [0.1, 0.15) is 0 Å². The van der Waals surface area contributed by atoms with Crippen LogP contribution in [0.15, 0.2) is 12.2 Å². The van der Waals surface area contributed by atoms with Crippen LogP contribution in [0.4, 0.5) is 0 Å². The first-order valence-electron chi connectivity index (χ1n) is 13.3. The maximum Gasteiger partial charge on any atom is 0.0576 e. The molecule has 3 unspecified atom stereocenters. The number of aliphatic hydroxyl groups excluding tert-OH is 1. The Kier molecular flexibility index (Phi) is 15.1. The summed E-state index contributed by atoms with van der Waals surface area (Å²) in [7, 11) is 0. The zero-order valence-electron chi connectivity index (χ0n) is 20.6. The fourth-order valence-electron chi connectivity index (χ4n) is 5.27. The fourth-order valence-corrected chi connectivity index (χ4v) is 5.27. The van der Waals surface area contributed by atoms with Gasteiger partial charge in [-0.05, 0) is 68.6 Å². The van der Waals surface area contributed by atoms with E-state index in [2.05, 4.69) is 39.8 Å². The monoisotopic (exact) mass is 406 g/mol. The van der Waals surface area contributed by atoms with Crippen LogP contribution in [0, 0.1) is 17.3 Å². The van der Waals surface area contributed by atoms with Gasteiger partial charge in [0.25, 0.3) is 0 Å². The highest BCUT2D eigenvalue weighted by molar-refractivity contribution is 4.88. The molecule has 29 heavy (non-hydrogen) atoms. The number of hydrogen-bond acceptors (Lipinski definition) is 1. The summed E-state index contributed by atoms with van der Waals surface area (Å²) in [6.45, 7) is 9.24. The van der Waals surface area contributed by atoms with Crippen molar-refractivity contribution in [2.75, 3.05) is 0 Å². The minimum Gasteiger partial charge on any atom is -0.393 e. The summed E-state index contributed by atoms with van der Waals surface area (Å²) in [5.41, 5.74) is 0.394. The third-order valence-electron chi connectivity index (χ3n) is 7.43. The number of aliphatic hydroxyl groups is 1. The van der Waals surface area contributed by atoms with Crippen molar-refractivity contribution in [1.29, 1.82) is 0 Å². The molecular weight excluding hydrogens is 352 g/mol. The van der Waals surface area contributed by atoms with Crippen molar-refractivity contribution >= 4 is 0 Å². The quantitative estimate of drug-likeness (QED) is 0.188. The van der Waals surface area contributed by atoms with Crippen molar-refractivity contribution < 1.29 is 5.11 Å². The van der Waals surface area contributed by atoms with Gasteiger partial charge in [-0.25, -0.2) is 0 Å². The van der Waals surface area contributed by atoms with E-state index in [1.807, 2.05) is 0 Å². The molecule has 0 bridgehead atoms. The first-order chi connectivity index (χ1) is 14.0. The van der Waals surface area contributed by atoms with Gasteiger partial charge in [0.15, 0.2) is 0 Å². The zero-order chi connectivity index (χ0) is 21.4. The highest BCUT2D eigenvalue weighted by Gasteiger charge is 2.37. The van der Waals surface area contributed by atoms with Crippen molar-refractivity contribution in [1.82, 2.24) is 0 Å². The van der Waals surface area contributed by atoms with E-state index >= 15 is 0 Å². The normalized spacial score (nSPS) is 25.3. The standard InChI is InChI=1S/C28H54O/c1-5-6-7-8-9-10-11-12-13-14-15-16-17-18-19-20-22-28(4)23-21-26(25(2)3)27(29)24-28/h12-13,25-27,29H,5-11,14-24H2,1-4H3/b13-12-. The lowest BCUT2D eigenvalue weighted by Crippen LogP contribution is -2.37. The molecule has 1 aliphatic rings. The van der Waals surface area contributed by atoms with Crippen molar-refractivity contribution in [3.8, 4) is 0 Å². The van der Waals surface area contributed by atoms with Crippen molar-refractivity contribution in [3.63, 3.8) is 0 Å². The number of allylic oxidation sites excluding steroid dienone is 2. The SMILES string of the molecule is CCCCCCCC/C=C\CCCCCCCCC1(C)CCC(C(C)C)C(O)C1. The maximum absolute atomic E-state index is 10.5. The first-order valence-corrected chi connectivity index (χ1v) is 13.3. The van der Waals surface area contributed by atoms with E-state index in [1.54, 1.807) is 0 Å². The molecule has 3 atom stereocenters. The average Bonchev–Trinajstić information content (AvgIpc) is 2.67. The molecule has 1 aliphatic carbocycles. The first kappa shape index (κ1) is 26.7. The van der Waals surface area contributed by atoms with Crippen molar-refractivity contribution in [3.05, 3.63) is 12.2 Å². The molecule has 1 rings (SSSR count). The van der Waals surface area contributed by atoms with Crippen LogP contribution in [0.1, 0.15) is 143 Å². The minimum absolute atomic E-state index is 0.0668. The molecule has 0 spiro atoms. The number of rotatable bonds is 17. The zero-order valence-corrected chi connectivity index (χ0v) is 20.6. The lowest BCUT2D eigenvalue weighted by atomic mass is 9.65. The number of hydrogen-bond donors (Lipinski definition) is 1. The van der Waals surface area contributed by atoms with Gasteiger partial charge >= 0.3 is 0 Å². The molecule has 1 heteroatoms. The Morgan fingerprint density at radius 1 is 0.828 bits per heavy atom. The lowest BCUT2D eigenvalue weighted by Gasteiger charge is -2.42. The van der Waals surface area contributed by atoms with Crippen LogP contribution in [-0.4, -0.2) is 11.2 Å². The van der Waals surface area contributed by atoms with Crippen LogP contribution in [-0.2, 0) is 0 Å². The molecule has 0 aliphatic heterocycles. The van der Waals surface area contributed by atoms with Gasteiger partial charge in [0.2, 0.25) is 0 Å². The molecule has 0 radical (unpaired) electrons. The summed E-state index contributed by atoms with van der Waals surface area (Å²) >= 11 is 0. The molecule has 0 heterocycles. The summed E-state index contributed by atoms with van der Waals surface area (Å²) in [6, 6.07) is 0. The molecule has 1 saturated carbocycles. The Morgan fingerprint density at radius 3 is 1.86 bits per heavy atom. The van der Waals surface area contributed by atoms with E-state index in [-0.39, 0.29) is 6.10 Å². The average molecular weight is 407 g/mol. The third-order valence-corrected chi connectivity index (χ3v) is 7.43. The Hall–Kier alpha value is -0.300. The van der Waals surface area contributed by atoms with Crippen LogP contribution in [0.5, 0.6) is 0 Å². The van der Waals surface area contributed by atoms with E-state index in [4.69, 9.17) is 0 Å². The summed E-state index contributed by atoms with van der Waals surface area (Å²) in [5, 5.41) is 10.5. The van der Waals surface area contributed by atoms with Gasteiger partial charge in [0.05, 0.1) is 6.10 Å². The van der Waals surface area contributed by atoms with Crippen molar-refractivity contribution in [2.45, 2.75) is 149 Å². The fraction of sp³-hybridized carbons (Fsp3) is 0.929. The van der Waals surface area contributed by atoms with Crippen LogP contribution in [0.2, 0.25) is 0 Å². The lowest BCUT2D eigenvalue weighted by molar-refractivity contribution is -0.0139. The molecule has 172 valence electrons. The van der Waals surface area contributed by atoms with E-state index in [0.29, 0.717) is 17.3 Å². The van der Waals surface area contributed by atoms with Gasteiger partial charge in [-0.3, -0.25) is 0 Å². The van der Waals surface area contributed by atoms with Gasteiger partial charge in [-0.15, -0.1) is 0 Å². The predicted octanol–water partition coefficient (Wildman–Crippen LogP) is 9.24. The molecule has 0 saturated heterocycles. The van der Waals surface area contributed by atoms with Crippen molar-refractivity contribution in [2.24, 2.45) is 17.3 Å². The highest BCUT2D eigenvalue weighted by atomic mass is 16.3. The van der Waals surface area contributed by atoms with Crippen LogP contribution in [0.25, 0.3) is 0 Å². The Labute approximate surface area is 184 Å². The summed E-state index contributed by atoms with van der Waals surface area (Å²) in [6.07, 6.45) is 29.0. The van der Waals surface area contributed by atoms with E-state index < -0.39 is 0 Å². The van der Waals surface area contributed by atoms with Gasteiger partial charge in [0, 0.05) is 0 Å². The molecule has 1 fully saturated rings. The number of unbranched alkanes of at least 4 members (excludes halogenated alkanes) is 12. The topological polar surface area (TPSA) is 20.2 Å². The smallest absolute Gasteiger partial charge is 0.0576 e. The second kappa shape index (κ2) is 16.4. The van der Waals surface area contributed by atoms with Crippen LogP contribution < -0.4 is 0 Å². The molecule has 0 aromatic heterocycles. The van der Waals surface area contributed by atoms with Crippen LogP contribution >= 0.6 is 0 Å². The predicted molar refractivity (Wildman–Crippen MR) is 130 cm³/mol. The third kappa shape index (κ3) is 12.9. The highest BCUT2D eigenvalue weighted by Crippen LogP contribution is 2.44. The Bertz CT molecular complexity index is 399. The molecule has 0 aromatic carbocycles. The summed E-state index contributed by atoms with van der Waals surface area (Å²) < 4.78 is 0. The molecule has 1 nitrogen and oxygen atoms in total. The van der Waals surface area contributed by atoms with Gasteiger partial charge in [-0.1, -0.05) is 104 Å². The van der Waals surface area contributed by atoms with E-state index in [1.165, 1.54) is 109 Å². The maximum atomic E-state index is 10.5. The largest absolute Gasteiger partial charge is 0.393 e. The Morgan fingerprint density at radius 2 is 1.34 bits per heavy atom. The second-order valence-electron chi connectivity index (χ2n) is 10.7. The Balaban J connectivity index is 1.90. The van der Waals surface area contributed by atoms with Gasteiger partial charge < -0.3 is 5.11 Å².